The van der Waals surface area contributed by atoms with Crippen LogP contribution in [0.5, 0.6) is 5.75 Å². The van der Waals surface area contributed by atoms with Crippen molar-refractivity contribution in [3.63, 3.8) is 0 Å². The third-order valence-corrected chi connectivity index (χ3v) is 13.2. The molecule has 0 saturated carbocycles. The van der Waals surface area contributed by atoms with E-state index in [1.807, 2.05) is 0 Å². The van der Waals surface area contributed by atoms with Gasteiger partial charge < -0.3 is 10.1 Å². The van der Waals surface area contributed by atoms with Gasteiger partial charge in [0.15, 0.2) is 8.07 Å². The van der Waals surface area contributed by atoms with Gasteiger partial charge in [0.1, 0.15) is 5.75 Å². The minimum Gasteiger partial charge on any atom is -0.450 e. The first-order chi connectivity index (χ1) is 20.3. The number of ether oxygens (including phenoxy) is 1. The van der Waals surface area contributed by atoms with E-state index >= 15 is 0 Å². The van der Waals surface area contributed by atoms with E-state index < -0.39 is 8.07 Å². The van der Waals surface area contributed by atoms with Gasteiger partial charge in [-0.1, -0.05) is 133 Å². The van der Waals surface area contributed by atoms with E-state index in [1.165, 1.54) is 31.9 Å². The molecule has 196 valence electrons. The lowest BCUT2D eigenvalue weighted by atomic mass is 10.0. The number of fused-ring (bicyclic) bond motifs is 5. The van der Waals surface area contributed by atoms with Crippen molar-refractivity contribution in [2.24, 2.45) is 0 Å². The molecule has 2 aliphatic rings. The molecule has 1 unspecified atom stereocenters. The maximum absolute atomic E-state index is 6.28. The largest absolute Gasteiger partial charge is 0.450 e. The summed E-state index contributed by atoms with van der Waals surface area (Å²) in [6, 6.07) is 57.4. The monoisotopic (exact) mass is 544 g/mol. The van der Waals surface area contributed by atoms with E-state index in [2.05, 4.69) is 168 Å². The second-order valence-corrected chi connectivity index (χ2v) is 14.4. The molecule has 41 heavy (non-hydrogen) atoms. The molecule has 3 nitrogen and oxygen atoms in total. The molecule has 0 fully saturated rings. The van der Waals surface area contributed by atoms with Crippen molar-refractivity contribution in [1.29, 1.82) is 0 Å². The minimum atomic E-state index is -2.60. The van der Waals surface area contributed by atoms with E-state index in [0.717, 1.165) is 22.8 Å². The van der Waals surface area contributed by atoms with Crippen LogP contribution >= 0.6 is 0 Å². The highest BCUT2D eigenvalue weighted by Crippen LogP contribution is 2.49. The van der Waals surface area contributed by atoms with Gasteiger partial charge in [0, 0.05) is 0 Å². The number of anilines is 3. The van der Waals surface area contributed by atoms with Crippen LogP contribution in [0.25, 0.3) is 11.1 Å². The van der Waals surface area contributed by atoms with E-state index in [1.54, 1.807) is 0 Å². The van der Waals surface area contributed by atoms with Crippen LogP contribution in [-0.2, 0) is 0 Å². The van der Waals surface area contributed by atoms with Gasteiger partial charge >= 0.3 is 0 Å². The van der Waals surface area contributed by atoms with Gasteiger partial charge in [0.2, 0.25) is 0 Å². The molecule has 0 bridgehead atoms. The summed E-state index contributed by atoms with van der Waals surface area (Å²) in [5, 5.41) is 8.98. The van der Waals surface area contributed by atoms with Crippen molar-refractivity contribution >= 4 is 45.9 Å². The number of nitrogens with one attached hydrogen (secondary N) is 1. The quantitative estimate of drug-likeness (QED) is 0.214. The average Bonchev–Trinajstić information content (AvgIpc) is 3.59. The number of nitrogens with zero attached hydrogens (tertiary/aromatic N) is 1. The number of benzene rings is 6. The fraction of sp³-hybridized carbons (Fsp3) is 0.0270. The molecule has 0 radical (unpaired) electrons. The van der Waals surface area contributed by atoms with Crippen LogP contribution in [0.3, 0.4) is 0 Å². The van der Waals surface area contributed by atoms with Gasteiger partial charge in [-0.05, 0) is 56.1 Å². The predicted molar refractivity (Wildman–Crippen MR) is 172 cm³/mol. The van der Waals surface area contributed by atoms with Crippen LogP contribution in [0.2, 0.25) is 0 Å². The van der Waals surface area contributed by atoms with Gasteiger partial charge in [0.05, 0.1) is 17.1 Å². The Morgan fingerprint density at radius 3 is 1.71 bits per heavy atom. The third-order valence-electron chi connectivity index (χ3n) is 8.38. The first kappa shape index (κ1) is 23.8. The number of hydrogen-bond acceptors (Lipinski definition) is 3. The Morgan fingerprint density at radius 1 is 0.488 bits per heavy atom. The predicted octanol–water partition coefficient (Wildman–Crippen LogP) is 5.97. The van der Waals surface area contributed by atoms with E-state index in [0.29, 0.717) is 0 Å². The summed E-state index contributed by atoms with van der Waals surface area (Å²) in [5.74, 6) is 0.901. The average molecular weight is 545 g/mol. The highest BCUT2D eigenvalue weighted by molar-refractivity contribution is 7.19. The molecule has 0 spiro atoms. The third kappa shape index (κ3) is 3.72. The van der Waals surface area contributed by atoms with Crippen molar-refractivity contribution in [3.8, 4) is 16.9 Å². The van der Waals surface area contributed by atoms with Crippen molar-refractivity contribution in [3.05, 3.63) is 158 Å². The summed E-state index contributed by atoms with van der Waals surface area (Å²) in [6.07, 6.45) is -0.210. The maximum Gasteiger partial charge on any atom is 0.255 e. The molecule has 0 amide bonds. The lowest BCUT2D eigenvalue weighted by molar-refractivity contribution is 0.271. The van der Waals surface area contributed by atoms with E-state index in [9.17, 15) is 0 Å². The SMILES string of the molecule is c1ccc([Si](c2ccccc2)(c2ccccc2)c2cccc(-c3ccc4c(c3)N3c5ccccc5NC3O4)c2)cc1. The lowest BCUT2D eigenvalue weighted by Gasteiger charge is -2.34. The number of hydrogen-bond donors (Lipinski definition) is 1. The van der Waals surface area contributed by atoms with Crippen molar-refractivity contribution < 1.29 is 4.74 Å². The van der Waals surface area contributed by atoms with Crippen LogP contribution in [0.4, 0.5) is 17.1 Å². The molecule has 2 heterocycles. The van der Waals surface area contributed by atoms with Gasteiger partial charge in [0.25, 0.3) is 6.35 Å². The van der Waals surface area contributed by atoms with Gasteiger partial charge in [-0.25, -0.2) is 0 Å². The van der Waals surface area contributed by atoms with Crippen LogP contribution < -0.4 is 35.7 Å². The summed E-state index contributed by atoms with van der Waals surface area (Å²) in [4.78, 5) is 2.26. The Morgan fingerprint density at radius 2 is 1.05 bits per heavy atom. The summed E-state index contributed by atoms with van der Waals surface area (Å²) >= 11 is 0. The fourth-order valence-corrected chi connectivity index (χ4v) is 11.4. The molecule has 4 heteroatoms. The molecule has 6 aromatic rings. The van der Waals surface area contributed by atoms with Crippen LogP contribution in [0.1, 0.15) is 0 Å². The molecule has 6 aromatic carbocycles. The van der Waals surface area contributed by atoms with E-state index in [4.69, 9.17) is 4.74 Å². The van der Waals surface area contributed by atoms with Gasteiger partial charge in [-0.3, -0.25) is 4.90 Å². The molecule has 1 atom stereocenters. The van der Waals surface area contributed by atoms with Crippen molar-refractivity contribution in [1.82, 2.24) is 0 Å². The number of para-hydroxylation sites is 2. The molecule has 8 rings (SSSR count). The lowest BCUT2D eigenvalue weighted by Crippen LogP contribution is -2.74. The molecule has 2 aliphatic heterocycles. The zero-order chi connectivity index (χ0) is 27.2. The Hall–Kier alpha value is -5.06. The van der Waals surface area contributed by atoms with Gasteiger partial charge in [-0.2, -0.15) is 0 Å². The summed E-state index contributed by atoms with van der Waals surface area (Å²) < 4.78 is 6.28. The Kier molecular flexibility index (Phi) is 5.54. The zero-order valence-corrected chi connectivity index (χ0v) is 23.4. The van der Waals surface area contributed by atoms with Crippen molar-refractivity contribution in [2.45, 2.75) is 6.35 Å². The highest BCUT2D eigenvalue weighted by Gasteiger charge is 2.42. The Bertz CT molecular complexity index is 1760. The normalized spacial score (nSPS) is 14.9. The fourth-order valence-electron chi connectivity index (χ4n) is 6.57. The topological polar surface area (TPSA) is 24.5 Å². The van der Waals surface area contributed by atoms with E-state index in [-0.39, 0.29) is 6.35 Å². The van der Waals surface area contributed by atoms with Crippen LogP contribution in [0.15, 0.2) is 158 Å². The Labute approximate surface area is 241 Å². The van der Waals surface area contributed by atoms with Gasteiger partial charge in [-0.15, -0.1) is 0 Å². The second kappa shape index (κ2) is 9.54. The highest BCUT2D eigenvalue weighted by atomic mass is 28.3. The smallest absolute Gasteiger partial charge is 0.255 e. The molecule has 0 aliphatic carbocycles. The van der Waals surface area contributed by atoms with Crippen molar-refractivity contribution in [2.75, 3.05) is 10.2 Å². The molecular formula is C37H28N2OSi. The molecule has 1 N–H and O–H groups in total. The minimum absolute atomic E-state index is 0.210. The molecule has 0 saturated heterocycles. The molecule has 0 aromatic heterocycles. The Balaban J connectivity index is 1.31. The zero-order valence-electron chi connectivity index (χ0n) is 22.4. The standard InChI is InChI=1S/C37H28N2OSi/c1-4-14-29(15-5-1)41(30-16-6-2-7-17-30,31-18-8-3-9-19-31)32-20-12-13-27(25-32)28-23-24-36-35(26-28)39-34-22-11-10-21-33(34)38-37(39)40-36/h1-26,37-38H. The number of rotatable bonds is 5. The van der Waals surface area contributed by atoms with Crippen LogP contribution in [0, 0.1) is 0 Å². The van der Waals surface area contributed by atoms with Crippen LogP contribution in [-0.4, -0.2) is 14.4 Å². The first-order valence-electron chi connectivity index (χ1n) is 14.1. The molecular weight excluding hydrogens is 517 g/mol. The summed E-state index contributed by atoms with van der Waals surface area (Å²) in [7, 11) is -2.60. The summed E-state index contributed by atoms with van der Waals surface area (Å²) in [6.45, 7) is 0. The maximum atomic E-state index is 6.28. The second-order valence-electron chi connectivity index (χ2n) is 10.6. The summed E-state index contributed by atoms with van der Waals surface area (Å²) in [5.41, 5.74) is 5.71. The first-order valence-corrected chi connectivity index (χ1v) is 16.1.